The van der Waals surface area contributed by atoms with Crippen molar-refractivity contribution >= 4 is 19.8 Å². The maximum atomic E-state index is 14.6. The van der Waals surface area contributed by atoms with E-state index in [0.29, 0.717) is 0 Å². The third kappa shape index (κ3) is 5.38. The summed E-state index contributed by atoms with van der Waals surface area (Å²) in [4.78, 5) is 28.5. The molecule has 4 saturated heterocycles. The molecule has 2 atom stereocenters. The van der Waals surface area contributed by atoms with E-state index in [9.17, 15) is 14.2 Å². The standard InChI is InChI=1S/C30H38NO8P/c1-21(2)35-27(32)25-26(28(33)36-22(3)4)38-40(34,37-25)39-30(23-11-7-5-8-12-23,24-13-9-6-10-14-24)29-15-18-31(19-16-29)20-17-29/h5-14,21-22,25-26H,15-20H2,1-4H3/t25-,26-/m0/s1. The lowest BCUT2D eigenvalue weighted by molar-refractivity contribution is -0.167. The number of carbonyl (C=O) groups is 2. The first-order valence-corrected chi connectivity index (χ1v) is 15.5. The lowest BCUT2D eigenvalue weighted by Crippen LogP contribution is -2.59. The molecule has 10 heteroatoms. The summed E-state index contributed by atoms with van der Waals surface area (Å²) in [6.45, 7) is 9.34. The van der Waals surface area contributed by atoms with Gasteiger partial charge in [-0.25, -0.2) is 14.2 Å². The molecule has 40 heavy (non-hydrogen) atoms. The molecule has 0 aliphatic carbocycles. The van der Waals surface area contributed by atoms with Crippen LogP contribution in [0.4, 0.5) is 0 Å². The van der Waals surface area contributed by atoms with Crippen LogP contribution in [0.15, 0.2) is 60.7 Å². The van der Waals surface area contributed by atoms with Crippen LogP contribution in [-0.2, 0) is 42.8 Å². The number of fused-ring (bicyclic) bond motifs is 3. The minimum Gasteiger partial charge on any atom is -0.461 e. The minimum absolute atomic E-state index is 0.445. The number of phosphoric ester groups is 1. The van der Waals surface area contributed by atoms with Gasteiger partial charge in [-0.05, 0) is 77.7 Å². The first kappa shape index (κ1) is 29.0. The van der Waals surface area contributed by atoms with Crippen LogP contribution in [0.5, 0.6) is 0 Å². The fourth-order valence-corrected chi connectivity index (χ4v) is 8.06. The summed E-state index contributed by atoms with van der Waals surface area (Å²) in [6.07, 6.45) is -1.78. The van der Waals surface area contributed by atoms with Crippen molar-refractivity contribution in [3.63, 3.8) is 0 Å². The Balaban J connectivity index is 1.63. The summed E-state index contributed by atoms with van der Waals surface area (Å²) in [5.74, 6) is -1.73. The monoisotopic (exact) mass is 571 g/mol. The van der Waals surface area contributed by atoms with Crippen molar-refractivity contribution in [1.29, 1.82) is 0 Å². The quantitative estimate of drug-likeness (QED) is 0.296. The van der Waals surface area contributed by atoms with Crippen molar-refractivity contribution < 1.29 is 37.2 Å². The number of piperidine rings is 3. The summed E-state index contributed by atoms with van der Waals surface area (Å²) >= 11 is 0. The number of phosphoric acid groups is 1. The Kier molecular flexibility index (Phi) is 8.24. The third-order valence-electron chi connectivity index (χ3n) is 8.00. The smallest absolute Gasteiger partial charge is 0.461 e. The Morgan fingerprint density at radius 2 is 1.20 bits per heavy atom. The van der Waals surface area contributed by atoms with E-state index in [-0.39, 0.29) is 0 Å². The van der Waals surface area contributed by atoms with Gasteiger partial charge < -0.3 is 14.4 Å². The Labute approximate surface area is 235 Å². The van der Waals surface area contributed by atoms with Gasteiger partial charge in [-0.15, -0.1) is 0 Å². The van der Waals surface area contributed by atoms with Gasteiger partial charge in [-0.3, -0.25) is 13.6 Å². The van der Waals surface area contributed by atoms with E-state index in [4.69, 9.17) is 23.0 Å². The van der Waals surface area contributed by atoms with E-state index < -0.39 is 55.2 Å². The molecule has 9 nitrogen and oxygen atoms in total. The number of esters is 2. The van der Waals surface area contributed by atoms with Gasteiger partial charge in [-0.2, -0.15) is 0 Å². The zero-order valence-electron chi connectivity index (χ0n) is 23.5. The Bertz CT molecular complexity index is 1160. The summed E-state index contributed by atoms with van der Waals surface area (Å²) in [6, 6.07) is 19.3. The number of hydrogen-bond donors (Lipinski definition) is 0. The number of nitrogens with zero attached hydrogens (tertiary/aromatic N) is 1. The molecule has 0 aromatic heterocycles. The normalized spacial score (nSPS) is 27.6. The lowest BCUT2D eigenvalue weighted by atomic mass is 9.57. The van der Waals surface area contributed by atoms with Gasteiger partial charge in [-0.1, -0.05) is 60.7 Å². The molecule has 0 radical (unpaired) electrons. The fraction of sp³-hybridized carbons (Fsp3) is 0.533. The van der Waals surface area contributed by atoms with Gasteiger partial charge in [0.25, 0.3) is 0 Å². The van der Waals surface area contributed by atoms with Crippen LogP contribution in [0.3, 0.4) is 0 Å². The second kappa shape index (κ2) is 11.4. The molecule has 0 N–H and O–H groups in total. The fourth-order valence-electron chi connectivity index (χ4n) is 6.24. The molecule has 4 heterocycles. The predicted molar refractivity (Wildman–Crippen MR) is 147 cm³/mol. The highest BCUT2D eigenvalue weighted by atomic mass is 31.2. The molecule has 2 bridgehead atoms. The van der Waals surface area contributed by atoms with Gasteiger partial charge in [0.05, 0.1) is 12.2 Å². The molecular weight excluding hydrogens is 533 g/mol. The molecule has 0 spiro atoms. The zero-order chi connectivity index (χ0) is 28.5. The highest BCUT2D eigenvalue weighted by Crippen LogP contribution is 2.68. The summed E-state index contributed by atoms with van der Waals surface area (Å²) < 4.78 is 43.7. The second-order valence-electron chi connectivity index (χ2n) is 11.3. The average Bonchev–Trinajstić information content (AvgIpc) is 3.31. The first-order valence-electron chi connectivity index (χ1n) is 14.0. The first-order chi connectivity index (χ1) is 19.1. The van der Waals surface area contributed by atoms with Gasteiger partial charge in [0.2, 0.25) is 12.2 Å². The van der Waals surface area contributed by atoms with Crippen LogP contribution in [0, 0.1) is 5.41 Å². The van der Waals surface area contributed by atoms with E-state index >= 15 is 0 Å². The van der Waals surface area contributed by atoms with Crippen LogP contribution < -0.4 is 0 Å². The Morgan fingerprint density at radius 1 is 0.800 bits per heavy atom. The van der Waals surface area contributed by atoms with Crippen LogP contribution in [0.25, 0.3) is 0 Å². The molecule has 4 aliphatic rings. The molecule has 0 unspecified atom stereocenters. The van der Waals surface area contributed by atoms with Crippen molar-refractivity contribution in [1.82, 2.24) is 4.90 Å². The van der Waals surface area contributed by atoms with E-state index in [1.807, 2.05) is 60.7 Å². The average molecular weight is 572 g/mol. The van der Waals surface area contributed by atoms with E-state index in [1.54, 1.807) is 27.7 Å². The second-order valence-corrected chi connectivity index (χ2v) is 12.8. The molecular formula is C30H38NO8P. The Hall–Kier alpha value is -2.55. The summed E-state index contributed by atoms with van der Waals surface area (Å²) in [7, 11) is -4.55. The molecule has 216 valence electrons. The molecule has 4 aliphatic heterocycles. The van der Waals surface area contributed by atoms with Gasteiger partial charge >= 0.3 is 19.8 Å². The zero-order valence-corrected chi connectivity index (χ0v) is 24.4. The van der Waals surface area contributed by atoms with Crippen molar-refractivity contribution in [2.75, 3.05) is 19.6 Å². The summed E-state index contributed by atoms with van der Waals surface area (Å²) in [5, 5.41) is 0. The van der Waals surface area contributed by atoms with E-state index in [2.05, 4.69) is 4.90 Å². The molecule has 0 saturated carbocycles. The van der Waals surface area contributed by atoms with Gasteiger partial charge in [0.1, 0.15) is 5.60 Å². The number of carbonyl (C=O) groups excluding carboxylic acids is 2. The SMILES string of the molecule is CC(C)OC(=O)[C@H]1OP(=O)(OC(c2ccccc2)(c2ccccc2)C23CCN(CC2)CC3)O[C@@H]1C(=O)OC(C)C. The van der Waals surface area contributed by atoms with E-state index in [0.717, 1.165) is 50.0 Å². The lowest BCUT2D eigenvalue weighted by Gasteiger charge is -2.58. The molecule has 2 aromatic carbocycles. The highest BCUT2D eigenvalue weighted by molar-refractivity contribution is 7.49. The maximum Gasteiger partial charge on any atom is 0.477 e. The minimum atomic E-state index is -4.55. The number of benzene rings is 2. The topological polar surface area (TPSA) is 101 Å². The molecule has 0 amide bonds. The maximum absolute atomic E-state index is 14.6. The molecule has 4 fully saturated rings. The largest absolute Gasteiger partial charge is 0.477 e. The van der Waals surface area contributed by atoms with Gasteiger partial charge in [0.15, 0.2) is 0 Å². The number of rotatable bonds is 9. The number of hydrogen-bond acceptors (Lipinski definition) is 9. The highest BCUT2D eigenvalue weighted by Gasteiger charge is 2.64. The Morgan fingerprint density at radius 3 is 1.57 bits per heavy atom. The number of ether oxygens (including phenoxy) is 2. The van der Waals surface area contributed by atoms with Crippen molar-refractivity contribution in [2.24, 2.45) is 5.41 Å². The molecule has 6 rings (SSSR count). The van der Waals surface area contributed by atoms with Crippen LogP contribution >= 0.6 is 7.82 Å². The van der Waals surface area contributed by atoms with Gasteiger partial charge in [0, 0.05) is 5.41 Å². The van der Waals surface area contributed by atoms with Crippen LogP contribution in [-0.4, -0.2) is 60.9 Å². The van der Waals surface area contributed by atoms with Crippen molar-refractivity contribution in [3.05, 3.63) is 71.8 Å². The van der Waals surface area contributed by atoms with Crippen molar-refractivity contribution in [2.45, 2.75) is 77.0 Å². The van der Waals surface area contributed by atoms with Crippen LogP contribution in [0.1, 0.15) is 58.1 Å². The predicted octanol–water partition coefficient (Wildman–Crippen LogP) is 5.23. The van der Waals surface area contributed by atoms with Crippen LogP contribution in [0.2, 0.25) is 0 Å². The van der Waals surface area contributed by atoms with Crippen molar-refractivity contribution in [3.8, 4) is 0 Å². The third-order valence-corrected chi connectivity index (χ3v) is 9.47. The van der Waals surface area contributed by atoms with E-state index in [1.165, 1.54) is 0 Å². The molecule has 2 aromatic rings. The summed E-state index contributed by atoms with van der Waals surface area (Å²) in [5.41, 5.74) is -0.0954.